The van der Waals surface area contributed by atoms with Crippen LogP contribution in [-0.4, -0.2) is 24.1 Å². The van der Waals surface area contributed by atoms with Crippen molar-refractivity contribution in [2.45, 2.75) is 38.6 Å². The molecule has 1 aliphatic heterocycles. The fourth-order valence-electron chi connectivity index (χ4n) is 3.17. The zero-order chi connectivity index (χ0) is 16.8. The predicted octanol–water partition coefficient (Wildman–Crippen LogP) is 5.30. The van der Waals surface area contributed by atoms with Gasteiger partial charge in [-0.25, -0.2) is 4.79 Å². The lowest BCUT2D eigenvalue weighted by Gasteiger charge is -2.29. The number of carbonyl (C=O) groups excluding carboxylic acids is 1. The van der Waals surface area contributed by atoms with Gasteiger partial charge in [-0.15, -0.1) is 11.3 Å². The standard InChI is InChI=1S/C19H24N2O2S/c1-2-23-17-11-6-5-9-15(17)20-19(22)21-13-7-3-4-10-16(21)18-12-8-14-24-18/h5-6,8-9,11-12,14,16H,2-4,7,10,13H2,1H3,(H,20,22)/t16-/m0/s1. The van der Waals surface area contributed by atoms with Crippen molar-refractivity contribution >= 4 is 23.1 Å². The highest BCUT2D eigenvalue weighted by molar-refractivity contribution is 7.10. The van der Waals surface area contributed by atoms with Gasteiger partial charge in [-0.2, -0.15) is 0 Å². The Kier molecular flexibility index (Phi) is 5.75. The molecule has 1 aliphatic rings. The van der Waals surface area contributed by atoms with E-state index in [0.29, 0.717) is 6.61 Å². The van der Waals surface area contributed by atoms with Crippen molar-refractivity contribution in [3.8, 4) is 5.75 Å². The number of para-hydroxylation sites is 2. The average molecular weight is 344 g/mol. The molecule has 24 heavy (non-hydrogen) atoms. The Balaban J connectivity index is 1.79. The van der Waals surface area contributed by atoms with Crippen molar-refractivity contribution in [2.24, 2.45) is 0 Å². The molecule has 4 nitrogen and oxygen atoms in total. The molecule has 1 aromatic heterocycles. The van der Waals surface area contributed by atoms with Crippen LogP contribution in [0.25, 0.3) is 0 Å². The molecule has 2 aromatic rings. The Morgan fingerprint density at radius 2 is 2.12 bits per heavy atom. The molecule has 1 fully saturated rings. The Morgan fingerprint density at radius 3 is 2.92 bits per heavy atom. The monoisotopic (exact) mass is 344 g/mol. The first kappa shape index (κ1) is 16.8. The van der Waals surface area contributed by atoms with Crippen molar-refractivity contribution in [2.75, 3.05) is 18.5 Å². The first-order valence-electron chi connectivity index (χ1n) is 8.62. The minimum atomic E-state index is -0.0394. The van der Waals surface area contributed by atoms with Gasteiger partial charge >= 0.3 is 6.03 Å². The third kappa shape index (κ3) is 3.90. The molecule has 0 unspecified atom stereocenters. The third-order valence-corrected chi connectivity index (χ3v) is 5.29. The van der Waals surface area contributed by atoms with E-state index in [4.69, 9.17) is 4.74 Å². The van der Waals surface area contributed by atoms with Gasteiger partial charge in [-0.1, -0.05) is 31.0 Å². The molecule has 1 aromatic carbocycles. The molecule has 128 valence electrons. The fourth-order valence-corrected chi connectivity index (χ4v) is 4.04. The van der Waals surface area contributed by atoms with E-state index in [2.05, 4.69) is 22.8 Å². The molecule has 0 aliphatic carbocycles. The minimum Gasteiger partial charge on any atom is -0.492 e. The Bertz CT molecular complexity index is 657. The van der Waals surface area contributed by atoms with Gasteiger partial charge in [0, 0.05) is 11.4 Å². The number of anilines is 1. The van der Waals surface area contributed by atoms with Crippen LogP contribution in [0.1, 0.15) is 43.5 Å². The highest BCUT2D eigenvalue weighted by Gasteiger charge is 2.27. The maximum Gasteiger partial charge on any atom is 0.322 e. The highest BCUT2D eigenvalue weighted by atomic mass is 32.1. The van der Waals surface area contributed by atoms with E-state index in [1.54, 1.807) is 11.3 Å². The summed E-state index contributed by atoms with van der Waals surface area (Å²) in [5, 5.41) is 5.14. The SMILES string of the molecule is CCOc1ccccc1NC(=O)N1CCCCC[C@H]1c1cccs1. The van der Waals surface area contributed by atoms with Crippen LogP contribution >= 0.6 is 11.3 Å². The van der Waals surface area contributed by atoms with Crippen LogP contribution in [0.15, 0.2) is 41.8 Å². The number of hydrogen-bond acceptors (Lipinski definition) is 3. The van der Waals surface area contributed by atoms with Gasteiger partial charge in [0.2, 0.25) is 0 Å². The number of rotatable bonds is 4. The molecular weight excluding hydrogens is 320 g/mol. The number of nitrogens with zero attached hydrogens (tertiary/aromatic N) is 1. The summed E-state index contributed by atoms with van der Waals surface area (Å²) in [5.41, 5.74) is 0.735. The molecule has 3 rings (SSSR count). The Labute approximate surface area is 147 Å². The second-order valence-corrected chi connectivity index (χ2v) is 6.91. The third-order valence-electron chi connectivity index (χ3n) is 4.31. The van der Waals surface area contributed by atoms with Crippen molar-refractivity contribution < 1.29 is 9.53 Å². The molecule has 5 heteroatoms. The summed E-state index contributed by atoms with van der Waals surface area (Å²) in [7, 11) is 0. The molecule has 0 bridgehead atoms. The summed E-state index contributed by atoms with van der Waals surface area (Å²) in [6.45, 7) is 3.32. The number of urea groups is 1. The second kappa shape index (κ2) is 8.20. The predicted molar refractivity (Wildman–Crippen MR) is 98.9 cm³/mol. The second-order valence-electron chi connectivity index (χ2n) is 5.93. The maximum absolute atomic E-state index is 12.9. The van der Waals surface area contributed by atoms with Gasteiger partial charge in [0.25, 0.3) is 0 Å². The molecule has 0 spiro atoms. The largest absolute Gasteiger partial charge is 0.492 e. The first-order chi connectivity index (χ1) is 11.8. The summed E-state index contributed by atoms with van der Waals surface area (Å²) >= 11 is 1.73. The first-order valence-corrected chi connectivity index (χ1v) is 9.50. The Hall–Kier alpha value is -2.01. The molecular formula is C19H24N2O2S. The lowest BCUT2D eigenvalue weighted by Crippen LogP contribution is -2.37. The van der Waals surface area contributed by atoms with E-state index in [0.717, 1.165) is 30.8 Å². The number of ether oxygens (including phenoxy) is 1. The summed E-state index contributed by atoms with van der Waals surface area (Å²) < 4.78 is 5.62. The van der Waals surface area contributed by atoms with E-state index in [9.17, 15) is 4.79 Å². The van der Waals surface area contributed by atoms with Gasteiger partial charge < -0.3 is 15.0 Å². The van der Waals surface area contributed by atoms with Crippen molar-refractivity contribution in [3.63, 3.8) is 0 Å². The lowest BCUT2D eigenvalue weighted by molar-refractivity contribution is 0.190. The van der Waals surface area contributed by atoms with Gasteiger partial charge in [-0.05, 0) is 43.3 Å². The normalized spacial score (nSPS) is 18.0. The van der Waals surface area contributed by atoms with Crippen LogP contribution in [0, 0.1) is 0 Å². The van der Waals surface area contributed by atoms with Crippen molar-refractivity contribution in [1.82, 2.24) is 4.90 Å². The van der Waals surface area contributed by atoms with Crippen LogP contribution in [0.4, 0.5) is 10.5 Å². The van der Waals surface area contributed by atoms with E-state index >= 15 is 0 Å². The van der Waals surface area contributed by atoms with E-state index in [1.165, 1.54) is 17.7 Å². The van der Waals surface area contributed by atoms with Gasteiger partial charge in [0.05, 0.1) is 18.3 Å². The van der Waals surface area contributed by atoms with Crippen LogP contribution in [0.5, 0.6) is 5.75 Å². The van der Waals surface area contributed by atoms with Crippen LogP contribution in [-0.2, 0) is 0 Å². The number of amides is 2. The molecule has 2 amide bonds. The average Bonchev–Trinajstić information content (AvgIpc) is 3.01. The fraction of sp³-hybridized carbons (Fsp3) is 0.421. The summed E-state index contributed by atoms with van der Waals surface area (Å²) in [6.07, 6.45) is 4.44. The van der Waals surface area contributed by atoms with Gasteiger partial charge in [0.15, 0.2) is 0 Å². The molecule has 1 atom stereocenters. The number of benzene rings is 1. The summed E-state index contributed by atoms with van der Waals surface area (Å²) in [6, 6.07) is 11.9. The highest BCUT2D eigenvalue weighted by Crippen LogP contribution is 2.34. The van der Waals surface area contributed by atoms with Crippen LogP contribution < -0.4 is 10.1 Å². The van der Waals surface area contributed by atoms with Gasteiger partial charge in [-0.3, -0.25) is 0 Å². The molecule has 1 saturated heterocycles. The Morgan fingerprint density at radius 1 is 1.25 bits per heavy atom. The zero-order valence-electron chi connectivity index (χ0n) is 14.0. The zero-order valence-corrected chi connectivity index (χ0v) is 14.8. The number of hydrogen-bond donors (Lipinski definition) is 1. The van der Waals surface area contributed by atoms with Crippen molar-refractivity contribution in [3.05, 3.63) is 46.7 Å². The smallest absolute Gasteiger partial charge is 0.322 e. The summed E-state index contributed by atoms with van der Waals surface area (Å²) in [4.78, 5) is 16.2. The minimum absolute atomic E-state index is 0.0394. The van der Waals surface area contributed by atoms with Crippen LogP contribution in [0.2, 0.25) is 0 Å². The maximum atomic E-state index is 12.9. The molecule has 1 N–H and O–H groups in total. The van der Waals surface area contributed by atoms with Gasteiger partial charge in [0.1, 0.15) is 5.75 Å². The number of thiophene rings is 1. The molecule has 0 saturated carbocycles. The molecule has 2 heterocycles. The topological polar surface area (TPSA) is 41.6 Å². The van der Waals surface area contributed by atoms with E-state index in [1.807, 2.05) is 36.1 Å². The van der Waals surface area contributed by atoms with Crippen molar-refractivity contribution in [1.29, 1.82) is 0 Å². The number of likely N-dealkylation sites (tertiary alicyclic amines) is 1. The lowest BCUT2D eigenvalue weighted by atomic mass is 10.1. The summed E-state index contributed by atoms with van der Waals surface area (Å²) in [5.74, 6) is 0.718. The van der Waals surface area contributed by atoms with E-state index in [-0.39, 0.29) is 12.1 Å². The molecule has 0 radical (unpaired) electrons. The van der Waals surface area contributed by atoms with E-state index < -0.39 is 0 Å². The number of nitrogens with one attached hydrogen (secondary N) is 1. The quantitative estimate of drug-likeness (QED) is 0.818. The number of carbonyl (C=O) groups is 1. The van der Waals surface area contributed by atoms with Crippen LogP contribution in [0.3, 0.4) is 0 Å².